The third-order valence-electron chi connectivity index (χ3n) is 2.92. The second-order valence-electron chi connectivity index (χ2n) is 5.25. The van der Waals surface area contributed by atoms with Gasteiger partial charge in [-0.1, -0.05) is 34.6 Å². The maximum Gasteiger partial charge on any atom is 0.0798 e. The molecule has 0 saturated carbocycles. The second kappa shape index (κ2) is 5.72. The molecule has 0 rings (SSSR count). The van der Waals surface area contributed by atoms with Gasteiger partial charge in [-0.05, 0) is 24.7 Å². The van der Waals surface area contributed by atoms with E-state index in [2.05, 4.69) is 34.6 Å². The molecule has 2 N–H and O–H groups in total. The van der Waals surface area contributed by atoms with Gasteiger partial charge in [-0.15, -0.1) is 0 Å². The van der Waals surface area contributed by atoms with Crippen molar-refractivity contribution in [2.75, 3.05) is 13.2 Å². The van der Waals surface area contributed by atoms with Gasteiger partial charge in [0.2, 0.25) is 0 Å². The van der Waals surface area contributed by atoms with Crippen LogP contribution in [-0.4, -0.2) is 18.8 Å². The Morgan fingerprint density at radius 2 is 1.57 bits per heavy atom. The SMILES string of the molecule is CCC(CC)(CN)OCCC(C)(C)C. The Labute approximate surface area is 89.2 Å². The molecule has 0 heterocycles. The zero-order valence-electron chi connectivity index (χ0n) is 10.5. The minimum atomic E-state index is -0.0781. The van der Waals surface area contributed by atoms with Crippen LogP contribution in [0, 0.1) is 5.41 Å². The summed E-state index contributed by atoms with van der Waals surface area (Å²) in [6, 6.07) is 0. The molecule has 0 aliphatic carbocycles. The molecule has 0 amide bonds. The molecule has 0 aliphatic heterocycles. The van der Waals surface area contributed by atoms with Gasteiger partial charge in [-0.25, -0.2) is 0 Å². The molecule has 14 heavy (non-hydrogen) atoms. The van der Waals surface area contributed by atoms with E-state index in [0.29, 0.717) is 12.0 Å². The van der Waals surface area contributed by atoms with E-state index < -0.39 is 0 Å². The molecule has 86 valence electrons. The van der Waals surface area contributed by atoms with E-state index >= 15 is 0 Å². The van der Waals surface area contributed by atoms with Crippen LogP contribution >= 0.6 is 0 Å². The fourth-order valence-electron chi connectivity index (χ4n) is 1.38. The Bertz CT molecular complexity index is 137. The van der Waals surface area contributed by atoms with Gasteiger partial charge in [0.25, 0.3) is 0 Å². The van der Waals surface area contributed by atoms with Gasteiger partial charge in [0.05, 0.1) is 5.60 Å². The van der Waals surface area contributed by atoms with Crippen molar-refractivity contribution in [1.29, 1.82) is 0 Å². The zero-order valence-corrected chi connectivity index (χ0v) is 10.5. The Morgan fingerprint density at radius 1 is 1.07 bits per heavy atom. The molecule has 0 aromatic rings. The van der Waals surface area contributed by atoms with E-state index in [1.54, 1.807) is 0 Å². The second-order valence-corrected chi connectivity index (χ2v) is 5.25. The van der Waals surface area contributed by atoms with E-state index in [4.69, 9.17) is 10.5 Å². The molecule has 0 radical (unpaired) electrons. The van der Waals surface area contributed by atoms with E-state index in [1.807, 2.05) is 0 Å². The van der Waals surface area contributed by atoms with Crippen LogP contribution in [0.2, 0.25) is 0 Å². The highest BCUT2D eigenvalue weighted by Crippen LogP contribution is 2.23. The summed E-state index contributed by atoms with van der Waals surface area (Å²) in [5.74, 6) is 0. The molecule has 0 aromatic heterocycles. The standard InChI is InChI=1S/C12H27NO/c1-6-12(7-2,10-13)14-9-8-11(3,4)5/h6-10,13H2,1-5H3. The van der Waals surface area contributed by atoms with Gasteiger partial charge in [-0.3, -0.25) is 0 Å². The van der Waals surface area contributed by atoms with Crippen molar-refractivity contribution in [3.8, 4) is 0 Å². The summed E-state index contributed by atoms with van der Waals surface area (Å²) in [5.41, 5.74) is 6.02. The number of hydrogen-bond acceptors (Lipinski definition) is 2. The summed E-state index contributed by atoms with van der Waals surface area (Å²) >= 11 is 0. The van der Waals surface area contributed by atoms with Gasteiger partial charge >= 0.3 is 0 Å². The van der Waals surface area contributed by atoms with E-state index in [-0.39, 0.29) is 5.60 Å². The van der Waals surface area contributed by atoms with Crippen molar-refractivity contribution >= 4 is 0 Å². The van der Waals surface area contributed by atoms with Crippen LogP contribution in [0.5, 0.6) is 0 Å². The number of nitrogens with two attached hydrogens (primary N) is 1. The molecular weight excluding hydrogens is 174 g/mol. The predicted octanol–water partition coefficient (Wildman–Crippen LogP) is 2.96. The molecule has 0 spiro atoms. The molecule has 0 fully saturated rings. The minimum Gasteiger partial charge on any atom is -0.374 e. The van der Waals surface area contributed by atoms with E-state index in [0.717, 1.165) is 25.9 Å². The van der Waals surface area contributed by atoms with Gasteiger partial charge < -0.3 is 10.5 Å². The van der Waals surface area contributed by atoms with Crippen molar-refractivity contribution in [3.05, 3.63) is 0 Å². The average molecular weight is 201 g/mol. The van der Waals surface area contributed by atoms with Crippen molar-refractivity contribution in [2.45, 2.75) is 59.5 Å². The lowest BCUT2D eigenvalue weighted by molar-refractivity contribution is -0.0526. The van der Waals surface area contributed by atoms with Crippen molar-refractivity contribution < 1.29 is 4.74 Å². The smallest absolute Gasteiger partial charge is 0.0798 e. The molecule has 2 heteroatoms. The summed E-state index contributed by atoms with van der Waals surface area (Å²) in [7, 11) is 0. The Kier molecular flexibility index (Phi) is 5.68. The number of ether oxygens (including phenoxy) is 1. The largest absolute Gasteiger partial charge is 0.374 e. The molecular formula is C12H27NO. The number of hydrogen-bond donors (Lipinski definition) is 1. The molecule has 0 aromatic carbocycles. The first kappa shape index (κ1) is 13.9. The summed E-state index contributed by atoms with van der Waals surface area (Å²) in [6.45, 7) is 12.4. The van der Waals surface area contributed by atoms with Crippen LogP contribution < -0.4 is 5.73 Å². The molecule has 0 aliphatic rings. The molecule has 2 nitrogen and oxygen atoms in total. The Morgan fingerprint density at radius 3 is 1.86 bits per heavy atom. The first-order valence-corrected chi connectivity index (χ1v) is 5.73. The zero-order chi connectivity index (χ0) is 11.2. The Hall–Kier alpha value is -0.0800. The van der Waals surface area contributed by atoms with Gasteiger partial charge in [0.1, 0.15) is 0 Å². The molecule has 0 unspecified atom stereocenters. The van der Waals surface area contributed by atoms with Gasteiger partial charge in [0, 0.05) is 13.2 Å². The average Bonchev–Trinajstić information content (AvgIpc) is 2.11. The first-order chi connectivity index (χ1) is 6.39. The summed E-state index contributed by atoms with van der Waals surface area (Å²) < 4.78 is 5.93. The summed E-state index contributed by atoms with van der Waals surface area (Å²) in [6.07, 6.45) is 3.10. The predicted molar refractivity (Wildman–Crippen MR) is 62.4 cm³/mol. The van der Waals surface area contributed by atoms with Gasteiger partial charge in [0.15, 0.2) is 0 Å². The summed E-state index contributed by atoms with van der Waals surface area (Å²) in [4.78, 5) is 0. The third-order valence-corrected chi connectivity index (χ3v) is 2.92. The highest BCUT2D eigenvalue weighted by Gasteiger charge is 2.25. The van der Waals surface area contributed by atoms with Crippen LogP contribution in [0.1, 0.15) is 53.9 Å². The highest BCUT2D eigenvalue weighted by molar-refractivity contribution is 4.78. The quantitative estimate of drug-likeness (QED) is 0.717. The van der Waals surface area contributed by atoms with Crippen molar-refractivity contribution in [3.63, 3.8) is 0 Å². The summed E-state index contributed by atoms with van der Waals surface area (Å²) in [5, 5.41) is 0. The van der Waals surface area contributed by atoms with Crippen LogP contribution in [0.4, 0.5) is 0 Å². The topological polar surface area (TPSA) is 35.2 Å². The first-order valence-electron chi connectivity index (χ1n) is 5.73. The van der Waals surface area contributed by atoms with Crippen LogP contribution in [0.25, 0.3) is 0 Å². The molecule has 0 bridgehead atoms. The fourth-order valence-corrected chi connectivity index (χ4v) is 1.38. The van der Waals surface area contributed by atoms with Crippen LogP contribution in [0.15, 0.2) is 0 Å². The maximum atomic E-state index is 5.93. The fraction of sp³-hybridized carbons (Fsp3) is 1.00. The third kappa shape index (κ3) is 4.97. The molecule has 0 atom stereocenters. The monoisotopic (exact) mass is 201 g/mol. The number of rotatable bonds is 6. The minimum absolute atomic E-state index is 0.0781. The highest BCUT2D eigenvalue weighted by atomic mass is 16.5. The Balaban J connectivity index is 3.95. The van der Waals surface area contributed by atoms with Gasteiger partial charge in [-0.2, -0.15) is 0 Å². The lowest BCUT2D eigenvalue weighted by atomic mass is 9.92. The van der Waals surface area contributed by atoms with Crippen LogP contribution in [-0.2, 0) is 4.74 Å². The lowest BCUT2D eigenvalue weighted by Crippen LogP contribution is -2.40. The van der Waals surface area contributed by atoms with Crippen LogP contribution in [0.3, 0.4) is 0 Å². The van der Waals surface area contributed by atoms with Crippen molar-refractivity contribution in [1.82, 2.24) is 0 Å². The maximum absolute atomic E-state index is 5.93. The van der Waals surface area contributed by atoms with Crippen molar-refractivity contribution in [2.24, 2.45) is 11.1 Å². The normalized spacial score (nSPS) is 13.3. The molecule has 0 saturated heterocycles. The van der Waals surface area contributed by atoms with E-state index in [9.17, 15) is 0 Å². The lowest BCUT2D eigenvalue weighted by Gasteiger charge is -2.32. The van der Waals surface area contributed by atoms with E-state index in [1.165, 1.54) is 0 Å².